The van der Waals surface area contributed by atoms with E-state index in [0.29, 0.717) is 21.3 Å². The van der Waals surface area contributed by atoms with E-state index in [1.165, 1.54) is 18.2 Å². The van der Waals surface area contributed by atoms with Crippen molar-refractivity contribution in [2.75, 3.05) is 5.32 Å². The largest absolute Gasteiger partial charge is 0.321 e. The zero-order chi connectivity index (χ0) is 14.5. The van der Waals surface area contributed by atoms with Crippen LogP contribution in [0.15, 0.2) is 48.5 Å². The van der Waals surface area contributed by atoms with Crippen LogP contribution >= 0.6 is 23.2 Å². The highest BCUT2D eigenvalue weighted by Crippen LogP contribution is 2.25. The van der Waals surface area contributed by atoms with Crippen LogP contribution in [0.2, 0.25) is 10.0 Å². The Bertz CT molecular complexity index is 671. The van der Waals surface area contributed by atoms with Gasteiger partial charge in [0, 0.05) is 16.7 Å². The number of rotatable bonds is 3. The average molecular weight is 310 g/mol. The molecule has 102 valence electrons. The first-order chi connectivity index (χ1) is 9.56. The van der Waals surface area contributed by atoms with Gasteiger partial charge in [0.25, 0.3) is 0 Å². The standard InChI is InChI=1S/C15H10Cl2FNO/c16-11-6-7-12(17)14(9-11)19-15(20)8-5-10-3-1-2-4-13(10)18/h1-9H,(H,19,20)/b8-5+. The molecule has 0 aliphatic carbocycles. The third-order valence-electron chi connectivity index (χ3n) is 2.51. The summed E-state index contributed by atoms with van der Waals surface area (Å²) in [5.41, 5.74) is 0.738. The molecule has 2 rings (SSSR count). The highest BCUT2D eigenvalue weighted by Gasteiger charge is 2.04. The minimum atomic E-state index is -0.419. The van der Waals surface area contributed by atoms with E-state index in [9.17, 15) is 9.18 Å². The molecule has 0 unspecified atom stereocenters. The maximum absolute atomic E-state index is 13.4. The SMILES string of the molecule is O=C(/C=C/c1ccccc1F)Nc1cc(Cl)ccc1Cl. The summed E-state index contributed by atoms with van der Waals surface area (Å²) in [6.45, 7) is 0. The number of amides is 1. The zero-order valence-electron chi connectivity index (χ0n) is 10.2. The summed E-state index contributed by atoms with van der Waals surface area (Å²) in [6.07, 6.45) is 2.62. The molecule has 1 amide bonds. The number of carbonyl (C=O) groups excluding carboxylic acids is 1. The number of anilines is 1. The molecule has 0 aliphatic rings. The second kappa shape index (κ2) is 6.55. The Kier molecular flexibility index (Phi) is 4.77. The van der Waals surface area contributed by atoms with Crippen LogP contribution in [0.3, 0.4) is 0 Å². The molecule has 0 aromatic heterocycles. The van der Waals surface area contributed by atoms with Crippen LogP contribution in [0.4, 0.5) is 10.1 Å². The topological polar surface area (TPSA) is 29.1 Å². The summed E-state index contributed by atoms with van der Waals surface area (Å²) in [5.74, 6) is -0.810. The summed E-state index contributed by atoms with van der Waals surface area (Å²) >= 11 is 11.7. The Morgan fingerprint density at radius 2 is 1.90 bits per heavy atom. The van der Waals surface area contributed by atoms with Crippen LogP contribution in [-0.4, -0.2) is 5.91 Å². The van der Waals surface area contributed by atoms with Crippen LogP contribution in [0, 0.1) is 5.82 Å². The van der Waals surface area contributed by atoms with Gasteiger partial charge in [0.15, 0.2) is 0 Å². The Labute approximate surface area is 125 Å². The lowest BCUT2D eigenvalue weighted by molar-refractivity contribution is -0.111. The van der Waals surface area contributed by atoms with E-state index in [4.69, 9.17) is 23.2 Å². The maximum atomic E-state index is 13.4. The van der Waals surface area contributed by atoms with E-state index < -0.39 is 11.7 Å². The van der Waals surface area contributed by atoms with Crippen molar-refractivity contribution in [3.63, 3.8) is 0 Å². The van der Waals surface area contributed by atoms with E-state index in [0.717, 1.165) is 0 Å². The lowest BCUT2D eigenvalue weighted by atomic mass is 10.2. The van der Waals surface area contributed by atoms with Crippen molar-refractivity contribution >= 4 is 40.9 Å². The summed E-state index contributed by atoms with van der Waals surface area (Å²) < 4.78 is 13.4. The van der Waals surface area contributed by atoms with Gasteiger partial charge < -0.3 is 5.32 Å². The van der Waals surface area contributed by atoms with Crippen molar-refractivity contribution in [1.29, 1.82) is 0 Å². The summed E-state index contributed by atoms with van der Waals surface area (Å²) in [7, 11) is 0. The van der Waals surface area contributed by atoms with E-state index in [1.54, 1.807) is 36.4 Å². The lowest BCUT2D eigenvalue weighted by Gasteiger charge is -2.05. The number of benzene rings is 2. The molecule has 2 nitrogen and oxygen atoms in total. The Hall–Kier alpha value is -1.84. The van der Waals surface area contributed by atoms with Crippen molar-refractivity contribution in [3.05, 3.63) is 70.0 Å². The predicted octanol–water partition coefficient (Wildman–Crippen LogP) is 4.78. The van der Waals surface area contributed by atoms with Gasteiger partial charge in [0.1, 0.15) is 5.82 Å². The van der Waals surface area contributed by atoms with Gasteiger partial charge in [0.2, 0.25) is 5.91 Å². The van der Waals surface area contributed by atoms with Crippen molar-refractivity contribution in [1.82, 2.24) is 0 Å². The Balaban J connectivity index is 2.10. The van der Waals surface area contributed by atoms with Crippen molar-refractivity contribution in [3.8, 4) is 0 Å². The fourth-order valence-electron chi connectivity index (χ4n) is 1.54. The molecular weight excluding hydrogens is 300 g/mol. The third kappa shape index (κ3) is 3.83. The molecular formula is C15H10Cl2FNO. The van der Waals surface area contributed by atoms with Crippen LogP contribution in [-0.2, 0) is 4.79 Å². The summed E-state index contributed by atoms with van der Waals surface area (Å²) in [6, 6.07) is 10.9. The van der Waals surface area contributed by atoms with Crippen molar-refractivity contribution < 1.29 is 9.18 Å². The number of hydrogen-bond donors (Lipinski definition) is 1. The molecule has 0 aliphatic heterocycles. The Morgan fingerprint density at radius 1 is 1.15 bits per heavy atom. The van der Waals surface area contributed by atoms with Gasteiger partial charge in [-0.2, -0.15) is 0 Å². The van der Waals surface area contributed by atoms with E-state index in [1.807, 2.05) is 0 Å². The smallest absolute Gasteiger partial charge is 0.248 e. The lowest BCUT2D eigenvalue weighted by Crippen LogP contribution is -2.08. The van der Waals surface area contributed by atoms with Gasteiger partial charge in [0.05, 0.1) is 10.7 Å². The van der Waals surface area contributed by atoms with E-state index in [-0.39, 0.29) is 0 Å². The molecule has 0 fully saturated rings. The minimum Gasteiger partial charge on any atom is -0.321 e. The molecule has 2 aromatic rings. The van der Waals surface area contributed by atoms with Crippen molar-refractivity contribution in [2.24, 2.45) is 0 Å². The predicted molar refractivity (Wildman–Crippen MR) is 80.5 cm³/mol. The van der Waals surface area contributed by atoms with Crippen LogP contribution in [0.25, 0.3) is 6.08 Å². The molecule has 0 saturated carbocycles. The molecule has 0 heterocycles. The molecule has 20 heavy (non-hydrogen) atoms. The Morgan fingerprint density at radius 3 is 2.65 bits per heavy atom. The van der Waals surface area contributed by atoms with Gasteiger partial charge in [-0.1, -0.05) is 41.4 Å². The minimum absolute atomic E-state index is 0.333. The van der Waals surface area contributed by atoms with Gasteiger partial charge >= 0.3 is 0 Å². The normalized spacial score (nSPS) is 10.8. The first kappa shape index (κ1) is 14.6. The molecule has 2 aromatic carbocycles. The first-order valence-electron chi connectivity index (χ1n) is 5.75. The molecule has 0 spiro atoms. The van der Waals surface area contributed by atoms with E-state index >= 15 is 0 Å². The highest BCUT2D eigenvalue weighted by molar-refractivity contribution is 6.35. The third-order valence-corrected chi connectivity index (χ3v) is 3.07. The second-order valence-corrected chi connectivity index (χ2v) is 4.81. The summed E-state index contributed by atoms with van der Waals surface area (Å²) in [4.78, 5) is 11.7. The van der Waals surface area contributed by atoms with Crippen molar-refractivity contribution in [2.45, 2.75) is 0 Å². The number of hydrogen-bond acceptors (Lipinski definition) is 1. The van der Waals surface area contributed by atoms with Crippen LogP contribution in [0.5, 0.6) is 0 Å². The molecule has 0 saturated heterocycles. The van der Waals surface area contributed by atoms with E-state index in [2.05, 4.69) is 5.32 Å². The first-order valence-corrected chi connectivity index (χ1v) is 6.50. The quantitative estimate of drug-likeness (QED) is 0.812. The second-order valence-electron chi connectivity index (χ2n) is 3.97. The monoisotopic (exact) mass is 309 g/mol. The van der Waals surface area contributed by atoms with Crippen LogP contribution < -0.4 is 5.32 Å². The highest BCUT2D eigenvalue weighted by atomic mass is 35.5. The summed E-state index contributed by atoms with van der Waals surface area (Å²) in [5, 5.41) is 3.41. The van der Waals surface area contributed by atoms with Gasteiger partial charge in [-0.05, 0) is 30.3 Å². The maximum Gasteiger partial charge on any atom is 0.248 e. The molecule has 0 bridgehead atoms. The molecule has 0 atom stereocenters. The molecule has 1 N–H and O–H groups in total. The fraction of sp³-hybridized carbons (Fsp3) is 0. The zero-order valence-corrected chi connectivity index (χ0v) is 11.8. The van der Waals surface area contributed by atoms with Gasteiger partial charge in [-0.25, -0.2) is 4.39 Å². The molecule has 0 radical (unpaired) electrons. The number of carbonyl (C=O) groups is 1. The number of nitrogens with one attached hydrogen (secondary N) is 1. The fourth-order valence-corrected chi connectivity index (χ4v) is 1.88. The molecule has 5 heteroatoms. The van der Waals surface area contributed by atoms with Gasteiger partial charge in [-0.3, -0.25) is 4.79 Å². The number of halogens is 3. The van der Waals surface area contributed by atoms with Gasteiger partial charge in [-0.15, -0.1) is 0 Å². The average Bonchev–Trinajstić information content (AvgIpc) is 2.42. The van der Waals surface area contributed by atoms with Crippen LogP contribution in [0.1, 0.15) is 5.56 Å².